The predicted octanol–water partition coefficient (Wildman–Crippen LogP) is 0.831. The number of nitrogens with zero attached hydrogens (tertiary/aromatic N) is 3. The van der Waals surface area contributed by atoms with Gasteiger partial charge in [0.15, 0.2) is 0 Å². The van der Waals surface area contributed by atoms with Crippen molar-refractivity contribution in [3.63, 3.8) is 0 Å². The van der Waals surface area contributed by atoms with Crippen molar-refractivity contribution < 1.29 is 9.53 Å². The number of methoxy groups -OCH3 is 1. The molecule has 1 saturated heterocycles. The van der Waals surface area contributed by atoms with Gasteiger partial charge in [0.25, 0.3) is 5.91 Å². The first kappa shape index (κ1) is 12.3. The second-order valence-electron chi connectivity index (χ2n) is 3.91. The van der Waals surface area contributed by atoms with Gasteiger partial charge in [-0.15, -0.1) is 10.2 Å². The molecule has 1 fully saturated rings. The fraction of sp³-hybridized carbons (Fsp3) is 0.700. The molecule has 1 amide bonds. The van der Waals surface area contributed by atoms with E-state index in [9.17, 15) is 4.79 Å². The van der Waals surface area contributed by atoms with Crippen molar-refractivity contribution >= 4 is 22.4 Å². The highest BCUT2D eigenvalue weighted by Crippen LogP contribution is 2.19. The van der Waals surface area contributed by atoms with Gasteiger partial charge in [-0.3, -0.25) is 4.79 Å². The van der Waals surface area contributed by atoms with E-state index in [1.165, 1.54) is 11.3 Å². The van der Waals surface area contributed by atoms with Gasteiger partial charge in [-0.1, -0.05) is 11.3 Å². The van der Waals surface area contributed by atoms with Gasteiger partial charge in [-0.25, -0.2) is 0 Å². The van der Waals surface area contributed by atoms with E-state index >= 15 is 0 Å². The number of hydrogen-bond acceptors (Lipinski definition) is 6. The van der Waals surface area contributed by atoms with Gasteiger partial charge in [-0.05, 0) is 12.8 Å². The lowest BCUT2D eigenvalue weighted by atomic mass is 10.1. The number of aromatic nitrogens is 2. The molecule has 0 saturated carbocycles. The molecular weight excluding hydrogens is 240 g/mol. The van der Waals surface area contributed by atoms with Crippen LogP contribution in [0.1, 0.15) is 22.6 Å². The van der Waals surface area contributed by atoms with Crippen molar-refractivity contribution in [3.8, 4) is 0 Å². The number of ether oxygens (including phenoxy) is 1. The van der Waals surface area contributed by atoms with Crippen molar-refractivity contribution in [2.45, 2.75) is 18.9 Å². The molecule has 7 heteroatoms. The summed E-state index contributed by atoms with van der Waals surface area (Å²) in [5, 5.41) is 11.7. The molecule has 0 spiro atoms. The van der Waals surface area contributed by atoms with Crippen LogP contribution in [0.5, 0.6) is 0 Å². The van der Waals surface area contributed by atoms with Crippen molar-refractivity contribution in [2.24, 2.45) is 0 Å². The molecule has 1 aromatic heterocycles. The second kappa shape index (κ2) is 5.42. The summed E-state index contributed by atoms with van der Waals surface area (Å²) in [4.78, 5) is 13.9. The van der Waals surface area contributed by atoms with Crippen LogP contribution >= 0.6 is 11.3 Å². The summed E-state index contributed by atoms with van der Waals surface area (Å²) < 4.78 is 5.29. The molecule has 1 atom stereocenters. The normalized spacial score (nSPS) is 20.4. The fourth-order valence-electron chi connectivity index (χ4n) is 1.86. The van der Waals surface area contributed by atoms with Crippen molar-refractivity contribution in [2.75, 3.05) is 32.6 Å². The Morgan fingerprint density at radius 2 is 2.41 bits per heavy atom. The SMILES string of the molecule is CNc1nnc(C(=O)N2CCCC(OC)C2)s1. The number of piperidine rings is 1. The van der Waals surface area contributed by atoms with Gasteiger partial charge in [0, 0.05) is 27.2 Å². The third-order valence-corrected chi connectivity index (χ3v) is 3.75. The number of hydrogen-bond donors (Lipinski definition) is 1. The number of nitrogens with one attached hydrogen (secondary N) is 1. The van der Waals surface area contributed by atoms with Crippen LogP contribution in [0, 0.1) is 0 Å². The third-order valence-electron chi connectivity index (χ3n) is 2.82. The molecule has 1 aliphatic heterocycles. The molecule has 17 heavy (non-hydrogen) atoms. The lowest BCUT2D eigenvalue weighted by molar-refractivity contribution is 0.0268. The van der Waals surface area contributed by atoms with Crippen molar-refractivity contribution in [3.05, 3.63) is 5.01 Å². The van der Waals surface area contributed by atoms with E-state index in [1.807, 2.05) is 0 Å². The van der Waals surface area contributed by atoms with Crippen LogP contribution in [0.4, 0.5) is 5.13 Å². The highest BCUT2D eigenvalue weighted by Gasteiger charge is 2.26. The van der Waals surface area contributed by atoms with Crippen LogP contribution in [0.3, 0.4) is 0 Å². The van der Waals surface area contributed by atoms with E-state index < -0.39 is 0 Å². The largest absolute Gasteiger partial charge is 0.380 e. The summed E-state index contributed by atoms with van der Waals surface area (Å²) in [6, 6.07) is 0. The zero-order valence-electron chi connectivity index (χ0n) is 9.97. The number of likely N-dealkylation sites (tertiary alicyclic amines) is 1. The van der Waals surface area contributed by atoms with Crippen molar-refractivity contribution in [1.29, 1.82) is 0 Å². The maximum absolute atomic E-state index is 12.1. The quantitative estimate of drug-likeness (QED) is 0.867. The van der Waals surface area contributed by atoms with E-state index in [0.29, 0.717) is 16.7 Å². The number of rotatable bonds is 3. The van der Waals surface area contributed by atoms with Crippen LogP contribution in [0.25, 0.3) is 0 Å². The van der Waals surface area contributed by atoms with E-state index in [-0.39, 0.29) is 12.0 Å². The summed E-state index contributed by atoms with van der Waals surface area (Å²) in [6.45, 7) is 1.41. The van der Waals surface area contributed by atoms with Crippen LogP contribution in [-0.4, -0.2) is 54.4 Å². The van der Waals surface area contributed by atoms with Crippen molar-refractivity contribution in [1.82, 2.24) is 15.1 Å². The summed E-state index contributed by atoms with van der Waals surface area (Å²) in [7, 11) is 3.44. The van der Waals surface area contributed by atoms with E-state index in [1.54, 1.807) is 19.1 Å². The predicted molar refractivity (Wildman–Crippen MR) is 65.4 cm³/mol. The Labute approximate surface area is 104 Å². The topological polar surface area (TPSA) is 67.4 Å². The lowest BCUT2D eigenvalue weighted by Crippen LogP contribution is -2.42. The maximum atomic E-state index is 12.1. The second-order valence-corrected chi connectivity index (χ2v) is 4.89. The Hall–Kier alpha value is -1.21. The molecule has 2 heterocycles. The minimum atomic E-state index is -0.0502. The van der Waals surface area contributed by atoms with Crippen LogP contribution in [0.2, 0.25) is 0 Å². The summed E-state index contributed by atoms with van der Waals surface area (Å²) >= 11 is 1.28. The summed E-state index contributed by atoms with van der Waals surface area (Å²) in [5.41, 5.74) is 0. The molecule has 1 aliphatic rings. The Balaban J connectivity index is 2.03. The molecule has 1 aromatic rings. The van der Waals surface area contributed by atoms with Gasteiger partial charge in [0.1, 0.15) is 0 Å². The number of amides is 1. The molecule has 1 unspecified atom stereocenters. The van der Waals surface area contributed by atoms with E-state index in [2.05, 4.69) is 15.5 Å². The smallest absolute Gasteiger partial charge is 0.284 e. The molecule has 0 radical (unpaired) electrons. The first-order valence-electron chi connectivity index (χ1n) is 5.58. The highest BCUT2D eigenvalue weighted by molar-refractivity contribution is 7.17. The molecular formula is C10H16N4O2S. The monoisotopic (exact) mass is 256 g/mol. The molecule has 94 valence electrons. The van der Waals surface area contributed by atoms with Gasteiger partial charge >= 0.3 is 0 Å². The van der Waals surface area contributed by atoms with Gasteiger partial charge < -0.3 is 15.0 Å². The summed E-state index contributed by atoms with van der Waals surface area (Å²) in [6.07, 6.45) is 2.13. The molecule has 0 aliphatic carbocycles. The number of anilines is 1. The summed E-state index contributed by atoms with van der Waals surface area (Å²) in [5.74, 6) is -0.0502. The zero-order chi connectivity index (χ0) is 12.3. The van der Waals surface area contributed by atoms with Gasteiger partial charge in [-0.2, -0.15) is 0 Å². The highest BCUT2D eigenvalue weighted by atomic mass is 32.1. The minimum absolute atomic E-state index is 0.0502. The first-order chi connectivity index (χ1) is 8.24. The zero-order valence-corrected chi connectivity index (χ0v) is 10.8. The number of carbonyl (C=O) groups excluding carboxylic acids is 1. The Bertz CT molecular complexity index is 395. The van der Waals surface area contributed by atoms with Crippen LogP contribution in [-0.2, 0) is 4.74 Å². The Morgan fingerprint density at radius 3 is 3.06 bits per heavy atom. The number of carbonyl (C=O) groups is 1. The first-order valence-corrected chi connectivity index (χ1v) is 6.39. The molecule has 0 aromatic carbocycles. The van der Waals surface area contributed by atoms with Crippen LogP contribution in [0.15, 0.2) is 0 Å². The van der Waals surface area contributed by atoms with Gasteiger partial charge in [0.2, 0.25) is 10.1 Å². The molecule has 0 bridgehead atoms. The molecule has 2 rings (SSSR count). The Morgan fingerprint density at radius 1 is 1.59 bits per heavy atom. The Kier molecular flexibility index (Phi) is 3.90. The standard InChI is InChI=1S/C10H16N4O2S/c1-11-10-13-12-8(17-10)9(15)14-5-3-4-7(6-14)16-2/h7H,3-6H2,1-2H3,(H,11,13). The fourth-order valence-corrected chi connectivity index (χ4v) is 2.53. The van der Waals surface area contributed by atoms with Gasteiger partial charge in [0.05, 0.1) is 6.10 Å². The minimum Gasteiger partial charge on any atom is -0.380 e. The van der Waals surface area contributed by atoms with E-state index in [4.69, 9.17) is 4.74 Å². The average Bonchev–Trinajstić information content (AvgIpc) is 2.86. The molecule has 1 N–H and O–H groups in total. The van der Waals surface area contributed by atoms with Crippen LogP contribution < -0.4 is 5.32 Å². The molecule has 6 nitrogen and oxygen atoms in total. The average molecular weight is 256 g/mol. The maximum Gasteiger partial charge on any atom is 0.284 e. The lowest BCUT2D eigenvalue weighted by Gasteiger charge is -2.31. The third kappa shape index (κ3) is 2.73. The van der Waals surface area contributed by atoms with E-state index in [0.717, 1.165) is 19.4 Å².